The molecule has 7 heteroatoms. The number of hydrogen-bond acceptors (Lipinski definition) is 7. The van der Waals surface area contributed by atoms with Crippen LogP contribution < -0.4 is 4.90 Å². The standard InChI is InChI=1S/C18H25N3O3S/c1-7-23-16(22)13-11(2)12-14(19-10-20-15(12)25-13)21-8-17(3,4)24-18(5,6)9-21/h10H,7-9H2,1-6H3. The average molecular weight is 363 g/mol. The molecule has 0 spiro atoms. The Labute approximate surface area is 152 Å². The second-order valence-corrected chi connectivity index (χ2v) is 8.63. The highest BCUT2D eigenvalue weighted by atomic mass is 32.1. The summed E-state index contributed by atoms with van der Waals surface area (Å²) < 4.78 is 11.4. The summed E-state index contributed by atoms with van der Waals surface area (Å²) in [7, 11) is 0. The minimum Gasteiger partial charge on any atom is -0.462 e. The lowest BCUT2D eigenvalue weighted by Crippen LogP contribution is -2.57. The van der Waals surface area contributed by atoms with Crippen LogP contribution in [-0.2, 0) is 9.47 Å². The van der Waals surface area contributed by atoms with Gasteiger partial charge in [0, 0.05) is 13.1 Å². The van der Waals surface area contributed by atoms with Gasteiger partial charge in [0.1, 0.15) is 21.9 Å². The number of nitrogens with zero attached hydrogens (tertiary/aromatic N) is 3. The van der Waals surface area contributed by atoms with Crippen molar-refractivity contribution >= 4 is 33.3 Å². The third kappa shape index (κ3) is 3.48. The molecule has 1 saturated heterocycles. The fraction of sp³-hybridized carbons (Fsp3) is 0.611. The summed E-state index contributed by atoms with van der Waals surface area (Å²) in [5.41, 5.74) is 0.316. The number of carbonyl (C=O) groups excluding carboxylic acids is 1. The molecule has 1 fully saturated rings. The first kappa shape index (κ1) is 18.1. The SMILES string of the molecule is CCOC(=O)c1sc2ncnc(N3CC(C)(C)OC(C)(C)C3)c2c1C. The minimum absolute atomic E-state index is 0.285. The van der Waals surface area contributed by atoms with Crippen LogP contribution in [0.5, 0.6) is 0 Å². The van der Waals surface area contributed by atoms with Gasteiger partial charge in [-0.3, -0.25) is 0 Å². The summed E-state index contributed by atoms with van der Waals surface area (Å²) >= 11 is 1.37. The number of ether oxygens (including phenoxy) is 2. The van der Waals surface area contributed by atoms with E-state index in [2.05, 4.69) is 42.6 Å². The molecule has 0 amide bonds. The van der Waals surface area contributed by atoms with E-state index in [0.29, 0.717) is 11.5 Å². The van der Waals surface area contributed by atoms with E-state index in [0.717, 1.165) is 34.7 Å². The third-order valence-corrected chi connectivity index (χ3v) is 5.34. The van der Waals surface area contributed by atoms with Crippen molar-refractivity contribution in [1.29, 1.82) is 0 Å². The van der Waals surface area contributed by atoms with Crippen LogP contribution in [0.1, 0.15) is 49.9 Å². The van der Waals surface area contributed by atoms with Crippen molar-refractivity contribution in [3.8, 4) is 0 Å². The lowest BCUT2D eigenvalue weighted by Gasteiger charge is -2.47. The molecule has 0 atom stereocenters. The summed E-state index contributed by atoms with van der Waals surface area (Å²) in [6.07, 6.45) is 1.57. The Hall–Kier alpha value is -1.73. The first-order valence-electron chi connectivity index (χ1n) is 8.50. The molecule has 2 aromatic rings. The van der Waals surface area contributed by atoms with Gasteiger partial charge in [0.25, 0.3) is 0 Å². The predicted octanol–water partition coefficient (Wildman–Crippen LogP) is 3.57. The van der Waals surface area contributed by atoms with E-state index < -0.39 is 0 Å². The van der Waals surface area contributed by atoms with Gasteiger partial charge in [-0.1, -0.05) is 0 Å². The molecule has 0 unspecified atom stereocenters. The Morgan fingerprint density at radius 3 is 2.52 bits per heavy atom. The van der Waals surface area contributed by atoms with Gasteiger partial charge in [0.05, 0.1) is 23.2 Å². The maximum Gasteiger partial charge on any atom is 0.348 e. The number of aryl methyl sites for hydroxylation is 1. The molecule has 25 heavy (non-hydrogen) atoms. The van der Waals surface area contributed by atoms with Crippen LogP contribution in [0.15, 0.2) is 6.33 Å². The fourth-order valence-electron chi connectivity index (χ4n) is 3.62. The van der Waals surface area contributed by atoms with Crippen LogP contribution in [0.4, 0.5) is 5.82 Å². The van der Waals surface area contributed by atoms with Crippen molar-refractivity contribution in [1.82, 2.24) is 9.97 Å². The van der Waals surface area contributed by atoms with E-state index in [-0.39, 0.29) is 17.2 Å². The number of hydrogen-bond donors (Lipinski definition) is 0. The Balaban J connectivity index is 2.09. The predicted molar refractivity (Wildman–Crippen MR) is 99.6 cm³/mol. The normalized spacial score (nSPS) is 19.2. The van der Waals surface area contributed by atoms with E-state index in [1.807, 2.05) is 13.8 Å². The molecule has 0 aliphatic carbocycles. The van der Waals surface area contributed by atoms with E-state index >= 15 is 0 Å². The summed E-state index contributed by atoms with van der Waals surface area (Å²) in [6.45, 7) is 13.9. The lowest BCUT2D eigenvalue weighted by atomic mass is 9.98. The highest BCUT2D eigenvalue weighted by molar-refractivity contribution is 7.20. The Morgan fingerprint density at radius 2 is 1.92 bits per heavy atom. The van der Waals surface area contributed by atoms with Gasteiger partial charge in [0.15, 0.2) is 0 Å². The number of anilines is 1. The van der Waals surface area contributed by atoms with Crippen LogP contribution in [-0.4, -0.2) is 46.8 Å². The highest BCUT2D eigenvalue weighted by Gasteiger charge is 2.39. The highest BCUT2D eigenvalue weighted by Crippen LogP contribution is 2.38. The number of fused-ring (bicyclic) bond motifs is 1. The second kappa shape index (κ2) is 6.21. The molecule has 0 radical (unpaired) electrons. The molecule has 0 saturated carbocycles. The Bertz CT molecular complexity index is 797. The zero-order chi connectivity index (χ0) is 18.4. The van der Waals surface area contributed by atoms with Gasteiger partial charge in [-0.15, -0.1) is 11.3 Å². The molecule has 136 valence electrons. The maximum absolute atomic E-state index is 12.2. The molecule has 1 aliphatic rings. The van der Waals surface area contributed by atoms with Crippen LogP contribution >= 0.6 is 11.3 Å². The van der Waals surface area contributed by atoms with Crippen LogP contribution in [0.25, 0.3) is 10.2 Å². The zero-order valence-electron chi connectivity index (χ0n) is 15.7. The Morgan fingerprint density at radius 1 is 1.28 bits per heavy atom. The van der Waals surface area contributed by atoms with Gasteiger partial charge in [-0.05, 0) is 47.1 Å². The van der Waals surface area contributed by atoms with E-state index in [4.69, 9.17) is 9.47 Å². The van der Waals surface area contributed by atoms with Crippen molar-refractivity contribution in [2.24, 2.45) is 0 Å². The topological polar surface area (TPSA) is 64.5 Å². The number of aromatic nitrogens is 2. The van der Waals surface area contributed by atoms with Crippen molar-refractivity contribution < 1.29 is 14.3 Å². The second-order valence-electron chi connectivity index (χ2n) is 7.63. The summed E-state index contributed by atoms with van der Waals surface area (Å²) in [5, 5.41) is 0.934. The van der Waals surface area contributed by atoms with Crippen LogP contribution in [0, 0.1) is 6.92 Å². The van der Waals surface area contributed by atoms with Crippen molar-refractivity contribution in [3.05, 3.63) is 16.8 Å². The van der Waals surface area contributed by atoms with Crippen molar-refractivity contribution in [2.45, 2.75) is 52.7 Å². The van der Waals surface area contributed by atoms with Gasteiger partial charge in [0.2, 0.25) is 0 Å². The number of rotatable bonds is 3. The van der Waals surface area contributed by atoms with Gasteiger partial charge in [-0.25, -0.2) is 14.8 Å². The molecule has 3 heterocycles. The van der Waals surface area contributed by atoms with Gasteiger partial charge in [-0.2, -0.15) is 0 Å². The van der Waals surface area contributed by atoms with Crippen LogP contribution in [0.2, 0.25) is 0 Å². The van der Waals surface area contributed by atoms with Gasteiger partial charge >= 0.3 is 5.97 Å². The fourth-order valence-corrected chi connectivity index (χ4v) is 4.66. The van der Waals surface area contributed by atoms with Gasteiger partial charge < -0.3 is 14.4 Å². The monoisotopic (exact) mass is 363 g/mol. The Kier molecular flexibility index (Phi) is 4.49. The first-order valence-corrected chi connectivity index (χ1v) is 9.31. The lowest BCUT2D eigenvalue weighted by molar-refractivity contribution is -0.133. The maximum atomic E-state index is 12.2. The van der Waals surface area contributed by atoms with E-state index in [9.17, 15) is 4.79 Å². The zero-order valence-corrected chi connectivity index (χ0v) is 16.5. The first-order chi connectivity index (χ1) is 11.6. The molecular formula is C18H25N3O3S. The average Bonchev–Trinajstić information content (AvgIpc) is 2.82. The molecular weight excluding hydrogens is 338 g/mol. The molecule has 0 N–H and O–H groups in total. The van der Waals surface area contributed by atoms with E-state index in [1.165, 1.54) is 11.3 Å². The quantitative estimate of drug-likeness (QED) is 0.777. The molecule has 0 aromatic carbocycles. The molecule has 6 nitrogen and oxygen atoms in total. The van der Waals surface area contributed by atoms with Crippen LogP contribution in [0.3, 0.4) is 0 Å². The number of esters is 1. The number of thiophene rings is 1. The summed E-state index contributed by atoms with van der Waals surface area (Å²) in [4.78, 5) is 24.8. The van der Waals surface area contributed by atoms with Crippen molar-refractivity contribution in [2.75, 3.05) is 24.6 Å². The summed E-state index contributed by atoms with van der Waals surface area (Å²) in [6, 6.07) is 0. The molecule has 3 rings (SSSR count). The van der Waals surface area contributed by atoms with Crippen molar-refractivity contribution in [3.63, 3.8) is 0 Å². The number of carbonyl (C=O) groups is 1. The minimum atomic E-state index is -0.295. The molecule has 2 aromatic heterocycles. The largest absolute Gasteiger partial charge is 0.462 e. The van der Waals surface area contributed by atoms with E-state index in [1.54, 1.807) is 6.33 Å². The third-order valence-electron chi connectivity index (χ3n) is 4.16. The summed E-state index contributed by atoms with van der Waals surface area (Å²) in [5.74, 6) is 0.565. The number of morpholine rings is 1. The smallest absolute Gasteiger partial charge is 0.348 e. The molecule has 0 bridgehead atoms. The molecule has 1 aliphatic heterocycles.